The Bertz CT molecular complexity index is 525. The molecule has 0 radical (unpaired) electrons. The van der Waals surface area contributed by atoms with Crippen LogP contribution in [0.25, 0.3) is 0 Å². The summed E-state index contributed by atoms with van der Waals surface area (Å²) in [6, 6.07) is 0.998. The lowest BCUT2D eigenvalue weighted by Crippen LogP contribution is -2.42. The van der Waals surface area contributed by atoms with Crippen LogP contribution in [0.3, 0.4) is 0 Å². The number of ether oxygens (including phenoxy) is 1. The number of hydrogen-bond acceptors (Lipinski definition) is 4. The number of likely N-dealkylation sites (N-methyl/N-ethyl adjacent to an activating group) is 1. The standard InChI is InChI=1S/C13H17ClFN3O3/c1-17(2)11(19)8-18(4-5-21-3)13(20)10-6-9(15)7-16-12(10)14/h6-7H,4-5,8H2,1-3H3. The predicted molar refractivity (Wildman–Crippen MR) is 75.7 cm³/mol. The van der Waals surface area contributed by atoms with E-state index in [-0.39, 0.29) is 36.3 Å². The summed E-state index contributed by atoms with van der Waals surface area (Å²) >= 11 is 5.82. The van der Waals surface area contributed by atoms with E-state index in [1.54, 1.807) is 14.1 Å². The van der Waals surface area contributed by atoms with E-state index in [4.69, 9.17) is 16.3 Å². The van der Waals surface area contributed by atoms with E-state index >= 15 is 0 Å². The third-order valence-corrected chi connectivity index (χ3v) is 3.01. The van der Waals surface area contributed by atoms with Gasteiger partial charge in [0.25, 0.3) is 5.91 Å². The van der Waals surface area contributed by atoms with Crippen LogP contribution in [0.15, 0.2) is 12.3 Å². The molecule has 0 fully saturated rings. The number of methoxy groups -OCH3 is 1. The molecule has 0 aliphatic heterocycles. The molecule has 0 bridgehead atoms. The zero-order valence-electron chi connectivity index (χ0n) is 12.1. The second-order valence-corrected chi connectivity index (χ2v) is 4.86. The summed E-state index contributed by atoms with van der Waals surface area (Å²) in [4.78, 5) is 30.4. The highest BCUT2D eigenvalue weighted by Crippen LogP contribution is 2.16. The maximum Gasteiger partial charge on any atom is 0.257 e. The number of rotatable bonds is 6. The SMILES string of the molecule is COCCN(CC(=O)N(C)C)C(=O)c1cc(F)cnc1Cl. The van der Waals surface area contributed by atoms with Gasteiger partial charge in [0.15, 0.2) is 0 Å². The first kappa shape index (κ1) is 17.3. The molecule has 1 rings (SSSR count). The minimum atomic E-state index is -0.673. The molecule has 1 aromatic rings. The van der Waals surface area contributed by atoms with Crippen molar-refractivity contribution in [3.05, 3.63) is 28.8 Å². The number of hydrogen-bond donors (Lipinski definition) is 0. The lowest BCUT2D eigenvalue weighted by atomic mass is 10.2. The Kier molecular flexibility index (Phi) is 6.51. The predicted octanol–water partition coefficient (Wildman–Crippen LogP) is 1.05. The normalized spacial score (nSPS) is 10.3. The second kappa shape index (κ2) is 7.90. The van der Waals surface area contributed by atoms with Gasteiger partial charge in [-0.05, 0) is 6.07 Å². The first-order valence-electron chi connectivity index (χ1n) is 6.16. The van der Waals surface area contributed by atoms with E-state index < -0.39 is 11.7 Å². The molecule has 0 atom stereocenters. The van der Waals surface area contributed by atoms with Crippen molar-refractivity contribution in [2.45, 2.75) is 0 Å². The molecule has 0 saturated heterocycles. The van der Waals surface area contributed by atoms with E-state index in [1.165, 1.54) is 16.9 Å². The van der Waals surface area contributed by atoms with Gasteiger partial charge >= 0.3 is 0 Å². The highest BCUT2D eigenvalue weighted by Gasteiger charge is 2.22. The van der Waals surface area contributed by atoms with Gasteiger partial charge in [0.1, 0.15) is 17.5 Å². The molecule has 21 heavy (non-hydrogen) atoms. The molecule has 8 heteroatoms. The van der Waals surface area contributed by atoms with E-state index in [2.05, 4.69) is 4.98 Å². The number of nitrogens with zero attached hydrogens (tertiary/aromatic N) is 3. The minimum Gasteiger partial charge on any atom is -0.383 e. The van der Waals surface area contributed by atoms with Crippen LogP contribution in [0.2, 0.25) is 5.15 Å². The molecule has 116 valence electrons. The number of amides is 2. The molecule has 0 spiro atoms. The maximum atomic E-state index is 13.2. The van der Waals surface area contributed by atoms with E-state index in [0.29, 0.717) is 0 Å². The molecule has 1 aromatic heterocycles. The van der Waals surface area contributed by atoms with Crippen LogP contribution in [0.4, 0.5) is 4.39 Å². The van der Waals surface area contributed by atoms with Gasteiger partial charge in [0, 0.05) is 27.7 Å². The van der Waals surface area contributed by atoms with Crippen molar-refractivity contribution in [2.24, 2.45) is 0 Å². The van der Waals surface area contributed by atoms with E-state index in [9.17, 15) is 14.0 Å². The molecule has 0 unspecified atom stereocenters. The van der Waals surface area contributed by atoms with Crippen molar-refractivity contribution in [1.82, 2.24) is 14.8 Å². The van der Waals surface area contributed by atoms with Gasteiger partial charge in [0.2, 0.25) is 5.91 Å². The monoisotopic (exact) mass is 317 g/mol. The molecule has 0 aliphatic rings. The van der Waals surface area contributed by atoms with Crippen LogP contribution in [-0.4, -0.2) is 67.5 Å². The summed E-state index contributed by atoms with van der Waals surface area (Å²) in [5.74, 6) is -1.51. The first-order valence-corrected chi connectivity index (χ1v) is 6.54. The van der Waals surface area contributed by atoms with Gasteiger partial charge in [-0.15, -0.1) is 0 Å². The van der Waals surface area contributed by atoms with Crippen molar-refractivity contribution in [3.63, 3.8) is 0 Å². The molecule has 2 amide bonds. The summed E-state index contributed by atoms with van der Waals surface area (Å²) in [6.45, 7) is 0.274. The van der Waals surface area contributed by atoms with Gasteiger partial charge in [0.05, 0.1) is 18.4 Å². The quantitative estimate of drug-likeness (QED) is 0.736. The van der Waals surface area contributed by atoms with Crippen LogP contribution in [-0.2, 0) is 9.53 Å². The summed E-state index contributed by atoms with van der Waals surface area (Å²) in [6.07, 6.45) is 0.920. The van der Waals surface area contributed by atoms with E-state index in [0.717, 1.165) is 12.3 Å². The molecule has 1 heterocycles. The van der Waals surface area contributed by atoms with Crippen molar-refractivity contribution in [3.8, 4) is 0 Å². The number of carbonyl (C=O) groups is 2. The molecular formula is C13H17ClFN3O3. The Labute approximate surface area is 127 Å². The molecule has 0 aromatic carbocycles. The summed E-state index contributed by atoms with van der Waals surface area (Å²) in [5, 5.41) is -0.110. The number of pyridine rings is 1. The van der Waals surface area contributed by atoms with Crippen molar-refractivity contribution >= 4 is 23.4 Å². The third kappa shape index (κ3) is 4.95. The van der Waals surface area contributed by atoms with Gasteiger partial charge in [-0.2, -0.15) is 0 Å². The van der Waals surface area contributed by atoms with Crippen LogP contribution >= 0.6 is 11.6 Å². The van der Waals surface area contributed by atoms with E-state index in [1.807, 2.05) is 0 Å². The molecule has 0 N–H and O–H groups in total. The highest BCUT2D eigenvalue weighted by atomic mass is 35.5. The fourth-order valence-corrected chi connectivity index (χ4v) is 1.69. The zero-order chi connectivity index (χ0) is 16.0. The zero-order valence-corrected chi connectivity index (χ0v) is 12.9. The first-order chi connectivity index (χ1) is 9.86. The Morgan fingerprint density at radius 3 is 2.67 bits per heavy atom. The highest BCUT2D eigenvalue weighted by molar-refractivity contribution is 6.32. The Morgan fingerprint density at radius 1 is 1.43 bits per heavy atom. The molecule has 6 nitrogen and oxygen atoms in total. The average molecular weight is 318 g/mol. The third-order valence-electron chi connectivity index (χ3n) is 2.71. The largest absolute Gasteiger partial charge is 0.383 e. The van der Waals surface area contributed by atoms with Crippen LogP contribution in [0.1, 0.15) is 10.4 Å². The van der Waals surface area contributed by atoms with Gasteiger partial charge in [-0.25, -0.2) is 9.37 Å². The summed E-state index contributed by atoms with van der Waals surface area (Å²) in [5.41, 5.74) is -0.0840. The number of halogens is 2. The summed E-state index contributed by atoms with van der Waals surface area (Å²) in [7, 11) is 4.64. The maximum absolute atomic E-state index is 13.2. The average Bonchev–Trinajstić information content (AvgIpc) is 2.44. The topological polar surface area (TPSA) is 62.7 Å². The fourth-order valence-electron chi connectivity index (χ4n) is 1.50. The Balaban J connectivity index is 2.98. The number of aromatic nitrogens is 1. The van der Waals surface area contributed by atoms with Crippen molar-refractivity contribution in [2.75, 3.05) is 40.9 Å². The summed E-state index contributed by atoms with van der Waals surface area (Å²) < 4.78 is 18.1. The van der Waals surface area contributed by atoms with Crippen LogP contribution in [0.5, 0.6) is 0 Å². The van der Waals surface area contributed by atoms with Crippen LogP contribution < -0.4 is 0 Å². The smallest absolute Gasteiger partial charge is 0.257 e. The van der Waals surface area contributed by atoms with Crippen molar-refractivity contribution < 1.29 is 18.7 Å². The second-order valence-electron chi connectivity index (χ2n) is 4.50. The van der Waals surface area contributed by atoms with Gasteiger partial charge in [-0.1, -0.05) is 11.6 Å². The van der Waals surface area contributed by atoms with Crippen molar-refractivity contribution in [1.29, 1.82) is 0 Å². The molecule has 0 aliphatic carbocycles. The minimum absolute atomic E-state index is 0.0840. The van der Waals surface area contributed by atoms with Crippen LogP contribution in [0, 0.1) is 5.82 Å². The van der Waals surface area contributed by atoms with Gasteiger partial charge in [-0.3, -0.25) is 9.59 Å². The lowest BCUT2D eigenvalue weighted by Gasteiger charge is -2.23. The fraction of sp³-hybridized carbons (Fsp3) is 0.462. The lowest BCUT2D eigenvalue weighted by molar-refractivity contribution is -0.129. The van der Waals surface area contributed by atoms with Gasteiger partial charge < -0.3 is 14.5 Å². The Morgan fingerprint density at radius 2 is 2.10 bits per heavy atom. The molecule has 0 saturated carbocycles. The Hall–Kier alpha value is -1.73. The molecular weight excluding hydrogens is 301 g/mol. The number of carbonyl (C=O) groups excluding carboxylic acids is 2.